The van der Waals surface area contributed by atoms with Crippen molar-refractivity contribution >= 4 is 0 Å². The standard InChI is InChI=1S/C16H25N/c1-13(15-5-3-2-4-6-15)16-9-7-14(8-10-16)11-12-17/h7-10,13,15H,2-6,11-12,17H2,1H3. The van der Waals surface area contributed by atoms with Gasteiger partial charge in [-0.1, -0.05) is 50.5 Å². The van der Waals surface area contributed by atoms with E-state index in [0.717, 1.165) is 24.8 Å². The monoisotopic (exact) mass is 231 g/mol. The van der Waals surface area contributed by atoms with E-state index in [2.05, 4.69) is 31.2 Å². The first-order valence-corrected chi connectivity index (χ1v) is 7.10. The van der Waals surface area contributed by atoms with Crippen molar-refractivity contribution in [2.24, 2.45) is 11.7 Å². The zero-order chi connectivity index (χ0) is 12.1. The molecule has 0 amide bonds. The number of nitrogens with two attached hydrogens (primary N) is 1. The van der Waals surface area contributed by atoms with E-state index in [4.69, 9.17) is 5.73 Å². The minimum atomic E-state index is 0.724. The summed E-state index contributed by atoms with van der Waals surface area (Å²) in [7, 11) is 0. The average molecular weight is 231 g/mol. The van der Waals surface area contributed by atoms with E-state index in [9.17, 15) is 0 Å². The van der Waals surface area contributed by atoms with E-state index in [-0.39, 0.29) is 0 Å². The second-order valence-electron chi connectivity index (χ2n) is 5.47. The van der Waals surface area contributed by atoms with Gasteiger partial charge in [-0.05, 0) is 48.8 Å². The van der Waals surface area contributed by atoms with E-state index in [0.29, 0.717) is 0 Å². The summed E-state index contributed by atoms with van der Waals surface area (Å²) in [6.07, 6.45) is 8.15. The molecule has 0 spiro atoms. The molecule has 1 nitrogen and oxygen atoms in total. The molecule has 94 valence electrons. The van der Waals surface area contributed by atoms with Crippen molar-refractivity contribution in [2.75, 3.05) is 6.54 Å². The Morgan fingerprint density at radius 3 is 2.35 bits per heavy atom. The molecular formula is C16H25N. The SMILES string of the molecule is CC(c1ccc(CCN)cc1)C1CCCCC1. The van der Waals surface area contributed by atoms with Crippen LogP contribution < -0.4 is 5.73 Å². The number of hydrogen-bond acceptors (Lipinski definition) is 1. The van der Waals surface area contributed by atoms with Gasteiger partial charge in [0.2, 0.25) is 0 Å². The highest BCUT2D eigenvalue weighted by Gasteiger charge is 2.20. The number of benzene rings is 1. The minimum absolute atomic E-state index is 0.724. The van der Waals surface area contributed by atoms with Crippen LogP contribution in [0.5, 0.6) is 0 Å². The van der Waals surface area contributed by atoms with E-state index < -0.39 is 0 Å². The largest absolute Gasteiger partial charge is 0.330 e. The van der Waals surface area contributed by atoms with Crippen LogP contribution in [0.15, 0.2) is 24.3 Å². The molecular weight excluding hydrogens is 206 g/mol. The third-order valence-corrected chi connectivity index (χ3v) is 4.30. The van der Waals surface area contributed by atoms with Gasteiger partial charge in [0.05, 0.1) is 0 Å². The van der Waals surface area contributed by atoms with Gasteiger partial charge >= 0.3 is 0 Å². The van der Waals surface area contributed by atoms with Gasteiger partial charge in [0.15, 0.2) is 0 Å². The van der Waals surface area contributed by atoms with Gasteiger partial charge in [-0.15, -0.1) is 0 Å². The van der Waals surface area contributed by atoms with Gasteiger partial charge in [0, 0.05) is 0 Å². The highest BCUT2D eigenvalue weighted by atomic mass is 14.5. The fraction of sp³-hybridized carbons (Fsp3) is 0.625. The summed E-state index contributed by atoms with van der Waals surface area (Å²) in [5.41, 5.74) is 8.45. The molecule has 2 rings (SSSR count). The van der Waals surface area contributed by atoms with Crippen LogP contribution in [-0.2, 0) is 6.42 Å². The Morgan fingerprint density at radius 1 is 1.12 bits per heavy atom. The highest BCUT2D eigenvalue weighted by Crippen LogP contribution is 2.35. The first-order chi connectivity index (χ1) is 8.31. The van der Waals surface area contributed by atoms with Gasteiger partial charge in [0.25, 0.3) is 0 Å². The molecule has 1 unspecified atom stereocenters. The topological polar surface area (TPSA) is 26.0 Å². The first kappa shape index (κ1) is 12.6. The van der Waals surface area contributed by atoms with Gasteiger partial charge in [-0.25, -0.2) is 0 Å². The molecule has 17 heavy (non-hydrogen) atoms. The Labute approximate surface area is 105 Å². The molecule has 0 aliphatic heterocycles. The molecule has 1 saturated carbocycles. The zero-order valence-electron chi connectivity index (χ0n) is 11.0. The molecule has 0 aromatic heterocycles. The second kappa shape index (κ2) is 6.20. The van der Waals surface area contributed by atoms with E-state index in [1.807, 2.05) is 0 Å². The summed E-state index contributed by atoms with van der Waals surface area (Å²) in [5, 5.41) is 0. The van der Waals surface area contributed by atoms with Crippen LogP contribution in [-0.4, -0.2) is 6.54 Å². The van der Waals surface area contributed by atoms with Crippen molar-refractivity contribution < 1.29 is 0 Å². The van der Waals surface area contributed by atoms with Crippen LogP contribution in [0.25, 0.3) is 0 Å². The number of rotatable bonds is 4. The van der Waals surface area contributed by atoms with Gasteiger partial charge in [-0.3, -0.25) is 0 Å². The van der Waals surface area contributed by atoms with Crippen LogP contribution >= 0.6 is 0 Å². The normalized spacial score (nSPS) is 19.2. The average Bonchev–Trinajstić information content (AvgIpc) is 2.40. The van der Waals surface area contributed by atoms with Crippen LogP contribution in [0.3, 0.4) is 0 Å². The van der Waals surface area contributed by atoms with Crippen molar-refractivity contribution in [2.45, 2.75) is 51.4 Å². The van der Waals surface area contributed by atoms with E-state index in [1.54, 1.807) is 0 Å². The lowest BCUT2D eigenvalue weighted by atomic mass is 9.78. The fourth-order valence-corrected chi connectivity index (χ4v) is 3.06. The summed E-state index contributed by atoms with van der Waals surface area (Å²) < 4.78 is 0. The molecule has 1 aromatic carbocycles. The summed E-state index contributed by atoms with van der Waals surface area (Å²) >= 11 is 0. The second-order valence-corrected chi connectivity index (χ2v) is 5.47. The molecule has 0 radical (unpaired) electrons. The Bertz CT molecular complexity index is 322. The smallest absolute Gasteiger partial charge is 0.00367 e. The number of hydrogen-bond donors (Lipinski definition) is 1. The maximum atomic E-state index is 5.58. The Hall–Kier alpha value is -0.820. The molecule has 1 aliphatic carbocycles. The predicted molar refractivity (Wildman–Crippen MR) is 74.2 cm³/mol. The molecule has 1 atom stereocenters. The van der Waals surface area contributed by atoms with Crippen molar-refractivity contribution in [3.63, 3.8) is 0 Å². The van der Waals surface area contributed by atoms with Crippen molar-refractivity contribution in [3.05, 3.63) is 35.4 Å². The zero-order valence-corrected chi connectivity index (χ0v) is 11.0. The van der Waals surface area contributed by atoms with E-state index >= 15 is 0 Å². The molecule has 1 fully saturated rings. The van der Waals surface area contributed by atoms with Crippen LogP contribution in [0.1, 0.15) is 56.1 Å². The van der Waals surface area contributed by atoms with Gasteiger partial charge in [0.1, 0.15) is 0 Å². The highest BCUT2D eigenvalue weighted by molar-refractivity contribution is 5.25. The third kappa shape index (κ3) is 3.32. The molecule has 1 aromatic rings. The lowest BCUT2D eigenvalue weighted by molar-refractivity contribution is 0.316. The Morgan fingerprint density at radius 2 is 1.76 bits per heavy atom. The lowest BCUT2D eigenvalue weighted by Gasteiger charge is -2.28. The predicted octanol–water partition coefficient (Wildman–Crippen LogP) is 3.87. The molecule has 2 N–H and O–H groups in total. The van der Waals surface area contributed by atoms with Crippen molar-refractivity contribution in [1.29, 1.82) is 0 Å². The van der Waals surface area contributed by atoms with Crippen LogP contribution in [0.4, 0.5) is 0 Å². The van der Waals surface area contributed by atoms with Gasteiger partial charge < -0.3 is 5.73 Å². The summed E-state index contributed by atoms with van der Waals surface area (Å²) in [6.45, 7) is 3.14. The summed E-state index contributed by atoms with van der Waals surface area (Å²) in [6, 6.07) is 9.12. The molecule has 1 aliphatic rings. The summed E-state index contributed by atoms with van der Waals surface area (Å²) in [5.74, 6) is 1.63. The quantitative estimate of drug-likeness (QED) is 0.836. The fourth-order valence-electron chi connectivity index (χ4n) is 3.06. The lowest BCUT2D eigenvalue weighted by Crippen LogP contribution is -2.13. The maximum Gasteiger partial charge on any atom is -0.00367 e. The Balaban J connectivity index is 2.00. The molecule has 1 heteroatoms. The molecule has 0 bridgehead atoms. The van der Waals surface area contributed by atoms with Crippen LogP contribution in [0.2, 0.25) is 0 Å². The molecule has 0 saturated heterocycles. The summed E-state index contributed by atoms with van der Waals surface area (Å²) in [4.78, 5) is 0. The molecule has 0 heterocycles. The maximum absolute atomic E-state index is 5.58. The van der Waals surface area contributed by atoms with Crippen LogP contribution in [0, 0.1) is 5.92 Å². The third-order valence-electron chi connectivity index (χ3n) is 4.30. The Kier molecular flexibility index (Phi) is 4.61. The minimum Gasteiger partial charge on any atom is -0.330 e. The first-order valence-electron chi connectivity index (χ1n) is 7.10. The van der Waals surface area contributed by atoms with E-state index in [1.165, 1.54) is 43.2 Å². The van der Waals surface area contributed by atoms with Crippen molar-refractivity contribution in [1.82, 2.24) is 0 Å². The van der Waals surface area contributed by atoms with Crippen molar-refractivity contribution in [3.8, 4) is 0 Å². The van der Waals surface area contributed by atoms with Gasteiger partial charge in [-0.2, -0.15) is 0 Å².